The number of hydrogen-bond donors (Lipinski definition) is 1. The van der Waals surface area contributed by atoms with Crippen LogP contribution in [0, 0.1) is 6.92 Å². The van der Waals surface area contributed by atoms with Gasteiger partial charge in [-0.2, -0.15) is 10.2 Å². The van der Waals surface area contributed by atoms with Crippen LogP contribution in [0.3, 0.4) is 0 Å². The number of aryl methyl sites for hydroxylation is 2. The number of hydrogen-bond acceptors (Lipinski definition) is 3. The van der Waals surface area contributed by atoms with Gasteiger partial charge in [0.25, 0.3) is 5.91 Å². The molecule has 0 atom stereocenters. The van der Waals surface area contributed by atoms with Crippen LogP contribution in [0.1, 0.15) is 21.6 Å². The number of nitrogens with zero attached hydrogens (tertiary/aromatic N) is 4. The first-order valence-corrected chi connectivity index (χ1v) is 9.09. The molecule has 1 amide bonds. The second-order valence-electron chi connectivity index (χ2n) is 6.63. The normalized spacial score (nSPS) is 10.8. The summed E-state index contributed by atoms with van der Waals surface area (Å²) in [6.45, 7) is 2.35. The van der Waals surface area contributed by atoms with Crippen molar-refractivity contribution in [2.24, 2.45) is 7.05 Å². The lowest BCUT2D eigenvalue weighted by Gasteiger charge is -2.05. The number of para-hydroxylation sites is 1. The zero-order valence-electron chi connectivity index (χ0n) is 15.8. The van der Waals surface area contributed by atoms with Gasteiger partial charge in [-0.1, -0.05) is 48.5 Å². The fourth-order valence-electron chi connectivity index (χ4n) is 3.16. The van der Waals surface area contributed by atoms with E-state index in [1.165, 1.54) is 0 Å². The molecule has 6 heteroatoms. The zero-order valence-corrected chi connectivity index (χ0v) is 15.8. The molecule has 0 spiro atoms. The van der Waals surface area contributed by atoms with E-state index >= 15 is 0 Å². The molecule has 0 aliphatic heterocycles. The predicted molar refractivity (Wildman–Crippen MR) is 108 cm³/mol. The third-order valence-corrected chi connectivity index (χ3v) is 4.58. The van der Waals surface area contributed by atoms with Crippen LogP contribution >= 0.6 is 0 Å². The van der Waals surface area contributed by atoms with E-state index in [0.29, 0.717) is 17.8 Å². The van der Waals surface area contributed by atoms with Crippen LogP contribution in [-0.2, 0) is 13.6 Å². The largest absolute Gasteiger partial charge is 0.348 e. The minimum atomic E-state index is -0.163. The van der Waals surface area contributed by atoms with Crippen molar-refractivity contribution in [3.8, 4) is 16.9 Å². The second-order valence-corrected chi connectivity index (χ2v) is 6.63. The van der Waals surface area contributed by atoms with Gasteiger partial charge in [0.2, 0.25) is 0 Å². The van der Waals surface area contributed by atoms with E-state index in [2.05, 4.69) is 15.5 Å². The highest BCUT2D eigenvalue weighted by molar-refractivity contribution is 5.99. The van der Waals surface area contributed by atoms with E-state index in [9.17, 15) is 4.79 Å². The number of rotatable bonds is 5. The fourth-order valence-corrected chi connectivity index (χ4v) is 3.16. The van der Waals surface area contributed by atoms with Gasteiger partial charge in [-0.3, -0.25) is 9.48 Å². The molecule has 0 saturated heterocycles. The molecular weight excluding hydrogens is 350 g/mol. The predicted octanol–water partition coefficient (Wildman–Crippen LogP) is 3.51. The van der Waals surface area contributed by atoms with Crippen LogP contribution in [-0.4, -0.2) is 25.5 Å². The molecule has 0 unspecified atom stereocenters. The third-order valence-electron chi connectivity index (χ3n) is 4.58. The molecule has 4 aromatic rings. The molecule has 0 fully saturated rings. The summed E-state index contributed by atoms with van der Waals surface area (Å²) in [5.74, 6) is -0.163. The lowest BCUT2D eigenvalue weighted by Crippen LogP contribution is -2.23. The van der Waals surface area contributed by atoms with E-state index in [1.54, 1.807) is 15.6 Å². The number of carbonyl (C=O) groups is 1. The Morgan fingerprint density at radius 1 is 0.964 bits per heavy atom. The van der Waals surface area contributed by atoms with Gasteiger partial charge in [0, 0.05) is 37.1 Å². The van der Waals surface area contributed by atoms with Gasteiger partial charge in [0.1, 0.15) is 5.69 Å². The van der Waals surface area contributed by atoms with E-state index in [-0.39, 0.29) is 5.91 Å². The van der Waals surface area contributed by atoms with Gasteiger partial charge >= 0.3 is 0 Å². The lowest BCUT2D eigenvalue weighted by atomic mass is 10.1. The number of nitrogens with one attached hydrogen (secondary N) is 1. The highest BCUT2D eigenvalue weighted by atomic mass is 16.1. The molecule has 2 aromatic heterocycles. The molecule has 1 N–H and O–H groups in total. The van der Waals surface area contributed by atoms with E-state index in [0.717, 1.165) is 22.5 Å². The second kappa shape index (κ2) is 7.52. The Kier molecular flexibility index (Phi) is 4.76. The highest BCUT2D eigenvalue weighted by Gasteiger charge is 2.19. The Bertz CT molecular complexity index is 1100. The maximum absolute atomic E-state index is 13.0. The van der Waals surface area contributed by atoms with Crippen LogP contribution in [0.5, 0.6) is 0 Å². The van der Waals surface area contributed by atoms with Crippen molar-refractivity contribution in [3.05, 3.63) is 89.9 Å². The molecule has 4 rings (SSSR count). The standard InChI is InChI=1S/C22H21N5O/c1-16-18(14-26(2)24-16)13-23-22(28)20-15-27(19-11-7-4-8-12-19)25-21(20)17-9-5-3-6-10-17/h3-12,14-15H,13H2,1-2H3,(H,23,28). The number of carbonyl (C=O) groups excluding carboxylic acids is 1. The highest BCUT2D eigenvalue weighted by Crippen LogP contribution is 2.23. The zero-order chi connectivity index (χ0) is 19.5. The van der Waals surface area contributed by atoms with Crippen molar-refractivity contribution < 1.29 is 4.79 Å². The molecule has 0 aliphatic rings. The average Bonchev–Trinajstić information content (AvgIpc) is 3.31. The maximum Gasteiger partial charge on any atom is 0.255 e. The molecule has 6 nitrogen and oxygen atoms in total. The molecule has 2 aromatic carbocycles. The van der Waals surface area contributed by atoms with Crippen molar-refractivity contribution >= 4 is 5.91 Å². The van der Waals surface area contributed by atoms with Crippen molar-refractivity contribution in [3.63, 3.8) is 0 Å². The molecule has 0 radical (unpaired) electrons. The maximum atomic E-state index is 13.0. The lowest BCUT2D eigenvalue weighted by molar-refractivity contribution is 0.0951. The van der Waals surface area contributed by atoms with Crippen LogP contribution in [0.4, 0.5) is 0 Å². The van der Waals surface area contributed by atoms with Crippen molar-refractivity contribution in [1.29, 1.82) is 0 Å². The van der Waals surface area contributed by atoms with Crippen molar-refractivity contribution in [2.75, 3.05) is 0 Å². The monoisotopic (exact) mass is 371 g/mol. The van der Waals surface area contributed by atoms with Crippen molar-refractivity contribution in [1.82, 2.24) is 24.9 Å². The Hall–Kier alpha value is -3.67. The first-order valence-electron chi connectivity index (χ1n) is 9.09. The number of benzene rings is 2. The summed E-state index contributed by atoms with van der Waals surface area (Å²) < 4.78 is 3.49. The smallest absolute Gasteiger partial charge is 0.255 e. The first kappa shape index (κ1) is 17.7. The summed E-state index contributed by atoms with van der Waals surface area (Å²) in [6.07, 6.45) is 3.70. The van der Waals surface area contributed by atoms with Gasteiger partial charge in [0.05, 0.1) is 16.9 Å². The van der Waals surface area contributed by atoms with Crippen LogP contribution in [0.25, 0.3) is 16.9 Å². The SMILES string of the molecule is Cc1nn(C)cc1CNC(=O)c1cn(-c2ccccc2)nc1-c1ccccc1. The van der Waals surface area contributed by atoms with Gasteiger partial charge in [0.15, 0.2) is 0 Å². The Balaban J connectivity index is 1.67. The average molecular weight is 371 g/mol. The number of aromatic nitrogens is 4. The third kappa shape index (κ3) is 3.57. The molecule has 140 valence electrons. The molecule has 0 saturated carbocycles. The number of amides is 1. The topological polar surface area (TPSA) is 64.7 Å². The molecule has 0 aliphatic carbocycles. The van der Waals surface area contributed by atoms with E-state index in [1.807, 2.05) is 80.8 Å². The van der Waals surface area contributed by atoms with Crippen molar-refractivity contribution in [2.45, 2.75) is 13.5 Å². The Morgan fingerprint density at radius 2 is 1.64 bits per heavy atom. The summed E-state index contributed by atoms with van der Waals surface area (Å²) in [5.41, 5.74) is 4.90. The molecule has 0 bridgehead atoms. The van der Waals surface area contributed by atoms with Crippen LogP contribution in [0.15, 0.2) is 73.1 Å². The molecule has 2 heterocycles. The van der Waals surface area contributed by atoms with Gasteiger partial charge < -0.3 is 5.32 Å². The van der Waals surface area contributed by atoms with E-state index in [4.69, 9.17) is 0 Å². The van der Waals surface area contributed by atoms with Crippen LogP contribution in [0.2, 0.25) is 0 Å². The summed E-state index contributed by atoms with van der Waals surface area (Å²) in [7, 11) is 1.87. The fraction of sp³-hybridized carbons (Fsp3) is 0.136. The summed E-state index contributed by atoms with van der Waals surface area (Å²) in [6, 6.07) is 19.5. The quantitative estimate of drug-likeness (QED) is 0.584. The molecule has 28 heavy (non-hydrogen) atoms. The summed E-state index contributed by atoms with van der Waals surface area (Å²) in [4.78, 5) is 13.0. The summed E-state index contributed by atoms with van der Waals surface area (Å²) >= 11 is 0. The Morgan fingerprint density at radius 3 is 2.29 bits per heavy atom. The minimum absolute atomic E-state index is 0.163. The van der Waals surface area contributed by atoms with E-state index < -0.39 is 0 Å². The van der Waals surface area contributed by atoms with Gasteiger partial charge in [-0.25, -0.2) is 4.68 Å². The van der Waals surface area contributed by atoms with Gasteiger partial charge in [-0.15, -0.1) is 0 Å². The summed E-state index contributed by atoms with van der Waals surface area (Å²) in [5, 5.41) is 12.0. The van der Waals surface area contributed by atoms with Crippen LogP contribution < -0.4 is 5.32 Å². The Labute approximate surface area is 163 Å². The van der Waals surface area contributed by atoms with Gasteiger partial charge in [-0.05, 0) is 19.1 Å². The molecular formula is C22H21N5O. The first-order chi connectivity index (χ1) is 13.6. The minimum Gasteiger partial charge on any atom is -0.348 e.